The van der Waals surface area contributed by atoms with Crippen molar-refractivity contribution >= 4 is 23.2 Å². The zero-order valence-electron chi connectivity index (χ0n) is 16.4. The van der Waals surface area contributed by atoms with E-state index in [4.69, 9.17) is 4.52 Å². The molecule has 2 aromatic heterocycles. The van der Waals surface area contributed by atoms with E-state index >= 15 is 0 Å². The average molecular weight is 428 g/mol. The second-order valence-electron chi connectivity index (χ2n) is 7.19. The Morgan fingerprint density at radius 1 is 1.20 bits per heavy atom. The number of thiophene rings is 1. The van der Waals surface area contributed by atoms with Gasteiger partial charge in [0.1, 0.15) is 5.82 Å². The molecule has 1 fully saturated rings. The number of hydrogen-bond acceptors (Lipinski definition) is 6. The zero-order chi connectivity index (χ0) is 21.1. The maximum atomic E-state index is 13.1. The minimum absolute atomic E-state index is 0.0181. The molecule has 7 nitrogen and oxygen atoms in total. The van der Waals surface area contributed by atoms with Crippen molar-refractivity contribution in [1.29, 1.82) is 0 Å². The molecule has 9 heteroatoms. The van der Waals surface area contributed by atoms with Crippen LogP contribution in [0.3, 0.4) is 0 Å². The normalized spacial score (nSPS) is 14.7. The van der Waals surface area contributed by atoms with Crippen LogP contribution in [0.4, 0.5) is 4.39 Å². The number of nitrogens with one attached hydrogen (secondary N) is 1. The summed E-state index contributed by atoms with van der Waals surface area (Å²) in [5, 5.41) is 6.94. The molecule has 0 aliphatic carbocycles. The van der Waals surface area contributed by atoms with Crippen molar-refractivity contribution in [1.82, 2.24) is 20.4 Å². The van der Waals surface area contributed by atoms with E-state index in [1.54, 1.807) is 24.0 Å². The van der Waals surface area contributed by atoms with Crippen molar-refractivity contribution in [3.05, 3.63) is 47.1 Å². The van der Waals surface area contributed by atoms with Gasteiger partial charge in [0.25, 0.3) is 5.89 Å². The molecule has 30 heavy (non-hydrogen) atoms. The van der Waals surface area contributed by atoms with Gasteiger partial charge in [0, 0.05) is 36.4 Å². The molecule has 1 saturated heterocycles. The van der Waals surface area contributed by atoms with Gasteiger partial charge in [-0.3, -0.25) is 9.59 Å². The van der Waals surface area contributed by atoms with Crippen LogP contribution < -0.4 is 5.32 Å². The fourth-order valence-electron chi connectivity index (χ4n) is 3.40. The molecule has 2 amide bonds. The van der Waals surface area contributed by atoms with Crippen LogP contribution in [0.15, 0.2) is 40.9 Å². The van der Waals surface area contributed by atoms with Crippen LogP contribution in [-0.2, 0) is 16.1 Å². The highest BCUT2D eigenvalue weighted by Crippen LogP contribution is 2.29. The highest BCUT2D eigenvalue weighted by molar-refractivity contribution is 7.15. The Labute approximate surface area is 176 Å². The standard InChI is InChI=1S/C21H21FN4O3S/c1-13(27)26-10-8-15(9-11-26)20(28)23-12-17-6-7-18(30-17)21-24-19(25-29-21)14-2-4-16(22)5-3-14/h2-7,15H,8-12H2,1H3,(H,23,28). The van der Waals surface area contributed by atoms with Crippen LogP contribution in [0, 0.1) is 11.7 Å². The van der Waals surface area contributed by atoms with E-state index in [-0.39, 0.29) is 23.5 Å². The number of rotatable bonds is 5. The average Bonchev–Trinajstić information content (AvgIpc) is 3.42. The lowest BCUT2D eigenvalue weighted by molar-refractivity contribution is -0.134. The van der Waals surface area contributed by atoms with Crippen LogP contribution in [0.5, 0.6) is 0 Å². The predicted molar refractivity (Wildman–Crippen MR) is 110 cm³/mol. The number of amides is 2. The molecule has 0 atom stereocenters. The molecule has 0 radical (unpaired) electrons. The van der Waals surface area contributed by atoms with Gasteiger partial charge in [-0.05, 0) is 49.2 Å². The lowest BCUT2D eigenvalue weighted by atomic mass is 9.96. The lowest BCUT2D eigenvalue weighted by Gasteiger charge is -2.30. The molecule has 0 bridgehead atoms. The number of hydrogen-bond donors (Lipinski definition) is 1. The molecule has 1 aliphatic heterocycles. The fourth-order valence-corrected chi connectivity index (χ4v) is 4.27. The third-order valence-corrected chi connectivity index (χ3v) is 6.22. The van der Waals surface area contributed by atoms with E-state index in [1.165, 1.54) is 23.5 Å². The Hall–Kier alpha value is -3.07. The number of aromatic nitrogens is 2. The highest BCUT2D eigenvalue weighted by atomic mass is 32.1. The minimum atomic E-state index is -0.322. The molecule has 1 aromatic carbocycles. The summed E-state index contributed by atoms with van der Waals surface area (Å²) in [4.78, 5) is 31.8. The first kappa shape index (κ1) is 20.2. The van der Waals surface area contributed by atoms with E-state index in [2.05, 4.69) is 15.5 Å². The van der Waals surface area contributed by atoms with Gasteiger partial charge in [-0.1, -0.05) is 5.16 Å². The Morgan fingerprint density at radius 3 is 2.63 bits per heavy atom. The summed E-state index contributed by atoms with van der Waals surface area (Å²) in [6, 6.07) is 9.68. The van der Waals surface area contributed by atoms with E-state index in [0.717, 1.165) is 9.75 Å². The Balaban J connectivity index is 1.33. The van der Waals surface area contributed by atoms with Crippen molar-refractivity contribution < 1.29 is 18.5 Å². The summed E-state index contributed by atoms with van der Waals surface area (Å²) in [5.41, 5.74) is 0.672. The van der Waals surface area contributed by atoms with Crippen LogP contribution in [0.25, 0.3) is 22.2 Å². The van der Waals surface area contributed by atoms with Crippen LogP contribution in [0.2, 0.25) is 0 Å². The molecule has 0 unspecified atom stereocenters. The molecule has 1 N–H and O–H groups in total. The van der Waals surface area contributed by atoms with Crippen molar-refractivity contribution in [3.63, 3.8) is 0 Å². The summed E-state index contributed by atoms with van der Waals surface area (Å²) >= 11 is 1.47. The topological polar surface area (TPSA) is 88.3 Å². The molecule has 0 saturated carbocycles. The van der Waals surface area contributed by atoms with Gasteiger partial charge in [-0.2, -0.15) is 4.98 Å². The zero-order valence-corrected chi connectivity index (χ0v) is 17.2. The number of benzene rings is 1. The minimum Gasteiger partial charge on any atom is -0.351 e. The second kappa shape index (κ2) is 8.74. The number of nitrogens with zero attached hydrogens (tertiary/aromatic N) is 3. The first-order valence-corrected chi connectivity index (χ1v) is 10.5. The van der Waals surface area contributed by atoms with Crippen molar-refractivity contribution in [2.45, 2.75) is 26.3 Å². The summed E-state index contributed by atoms with van der Waals surface area (Å²) in [7, 11) is 0. The lowest BCUT2D eigenvalue weighted by Crippen LogP contribution is -2.42. The quantitative estimate of drug-likeness (QED) is 0.672. The van der Waals surface area contributed by atoms with Crippen molar-refractivity contribution in [2.75, 3.05) is 13.1 Å². The molecule has 156 valence electrons. The van der Waals surface area contributed by atoms with Gasteiger partial charge >= 0.3 is 0 Å². The van der Waals surface area contributed by atoms with E-state index in [0.29, 0.717) is 49.8 Å². The smallest absolute Gasteiger partial charge is 0.268 e. The Kier molecular flexibility index (Phi) is 5.89. The van der Waals surface area contributed by atoms with Gasteiger partial charge in [-0.25, -0.2) is 4.39 Å². The first-order chi connectivity index (χ1) is 14.5. The molecule has 1 aliphatic rings. The fraction of sp³-hybridized carbons (Fsp3) is 0.333. The molecular weight excluding hydrogens is 407 g/mol. The number of carbonyl (C=O) groups excluding carboxylic acids is 2. The first-order valence-electron chi connectivity index (χ1n) is 9.71. The molecule has 3 aromatic rings. The number of likely N-dealkylation sites (tertiary alicyclic amines) is 1. The maximum Gasteiger partial charge on any atom is 0.268 e. The number of carbonyl (C=O) groups is 2. The summed E-state index contributed by atoms with van der Waals surface area (Å²) in [6.45, 7) is 3.24. The van der Waals surface area contributed by atoms with Crippen LogP contribution in [0.1, 0.15) is 24.6 Å². The SMILES string of the molecule is CC(=O)N1CCC(C(=O)NCc2ccc(-c3nc(-c4ccc(F)cc4)no3)s2)CC1. The van der Waals surface area contributed by atoms with Gasteiger partial charge < -0.3 is 14.7 Å². The summed E-state index contributed by atoms with van der Waals surface area (Å²) in [5.74, 6) is 0.470. The second-order valence-corrected chi connectivity index (χ2v) is 8.36. The van der Waals surface area contributed by atoms with E-state index in [1.807, 2.05) is 12.1 Å². The maximum absolute atomic E-state index is 13.1. The van der Waals surface area contributed by atoms with Gasteiger partial charge in [-0.15, -0.1) is 11.3 Å². The molecule has 4 rings (SSSR count). The van der Waals surface area contributed by atoms with Gasteiger partial charge in [0.15, 0.2) is 0 Å². The van der Waals surface area contributed by atoms with Gasteiger partial charge in [0.05, 0.1) is 11.4 Å². The number of piperidine rings is 1. The van der Waals surface area contributed by atoms with Crippen LogP contribution >= 0.6 is 11.3 Å². The third-order valence-electron chi connectivity index (χ3n) is 5.15. The monoisotopic (exact) mass is 428 g/mol. The Bertz CT molecular complexity index is 1040. The summed E-state index contributed by atoms with van der Waals surface area (Å²) in [6.07, 6.45) is 1.38. The van der Waals surface area contributed by atoms with Crippen molar-refractivity contribution in [3.8, 4) is 22.2 Å². The van der Waals surface area contributed by atoms with E-state index < -0.39 is 0 Å². The highest BCUT2D eigenvalue weighted by Gasteiger charge is 2.25. The third kappa shape index (κ3) is 4.56. The molecular formula is C21H21FN4O3S. The molecule has 0 spiro atoms. The predicted octanol–water partition coefficient (Wildman–Crippen LogP) is 3.48. The number of halogens is 1. The van der Waals surface area contributed by atoms with Crippen molar-refractivity contribution in [2.24, 2.45) is 5.92 Å². The van der Waals surface area contributed by atoms with Gasteiger partial charge in [0.2, 0.25) is 17.6 Å². The van der Waals surface area contributed by atoms with Crippen LogP contribution in [-0.4, -0.2) is 39.9 Å². The largest absolute Gasteiger partial charge is 0.351 e. The Morgan fingerprint density at radius 2 is 1.93 bits per heavy atom. The summed E-state index contributed by atoms with van der Waals surface area (Å²) < 4.78 is 18.4. The molecule has 3 heterocycles. The van der Waals surface area contributed by atoms with E-state index in [9.17, 15) is 14.0 Å².